The molecule has 1 unspecified atom stereocenters. The van der Waals surface area contributed by atoms with Gasteiger partial charge in [-0.25, -0.2) is 0 Å². The third-order valence-electron chi connectivity index (χ3n) is 3.84. The fourth-order valence-electron chi connectivity index (χ4n) is 2.48. The maximum atomic E-state index is 11.9. The molecular formula is C16H19N3O. The highest BCUT2D eigenvalue weighted by Crippen LogP contribution is 2.32. The SMILES string of the molecule is NC(CC(=O)NCc1cccc2cccnc12)C1CC1. The molecule has 1 saturated carbocycles. The molecule has 0 saturated heterocycles. The largest absolute Gasteiger partial charge is 0.352 e. The summed E-state index contributed by atoms with van der Waals surface area (Å²) >= 11 is 0. The van der Waals surface area contributed by atoms with E-state index in [1.165, 1.54) is 12.8 Å². The second-order valence-corrected chi connectivity index (χ2v) is 5.47. The van der Waals surface area contributed by atoms with E-state index in [1.54, 1.807) is 6.20 Å². The van der Waals surface area contributed by atoms with Gasteiger partial charge >= 0.3 is 0 Å². The molecular weight excluding hydrogens is 250 g/mol. The van der Waals surface area contributed by atoms with Crippen molar-refractivity contribution in [3.63, 3.8) is 0 Å². The van der Waals surface area contributed by atoms with Crippen molar-refractivity contribution in [1.82, 2.24) is 10.3 Å². The number of amides is 1. The maximum absolute atomic E-state index is 11.9. The zero-order valence-electron chi connectivity index (χ0n) is 11.4. The number of carbonyl (C=O) groups is 1. The lowest BCUT2D eigenvalue weighted by Gasteiger charge is -2.11. The molecule has 3 N–H and O–H groups in total. The average molecular weight is 269 g/mol. The summed E-state index contributed by atoms with van der Waals surface area (Å²) in [7, 11) is 0. The predicted octanol–water partition coefficient (Wildman–Crippen LogP) is 1.98. The summed E-state index contributed by atoms with van der Waals surface area (Å²) in [6, 6.07) is 9.96. The molecule has 0 bridgehead atoms. The van der Waals surface area contributed by atoms with Crippen molar-refractivity contribution in [3.8, 4) is 0 Å². The van der Waals surface area contributed by atoms with Crippen LogP contribution in [0.4, 0.5) is 0 Å². The van der Waals surface area contributed by atoms with Crippen molar-refractivity contribution in [3.05, 3.63) is 42.1 Å². The minimum absolute atomic E-state index is 0.0145. The minimum Gasteiger partial charge on any atom is -0.352 e. The molecule has 4 nitrogen and oxygen atoms in total. The van der Waals surface area contributed by atoms with E-state index >= 15 is 0 Å². The van der Waals surface area contributed by atoms with Gasteiger partial charge in [0.1, 0.15) is 0 Å². The number of benzene rings is 1. The van der Waals surface area contributed by atoms with E-state index in [2.05, 4.69) is 10.3 Å². The van der Waals surface area contributed by atoms with Crippen LogP contribution in [-0.4, -0.2) is 16.9 Å². The van der Waals surface area contributed by atoms with Crippen LogP contribution in [0.25, 0.3) is 10.9 Å². The number of hydrogen-bond acceptors (Lipinski definition) is 3. The van der Waals surface area contributed by atoms with Crippen molar-refractivity contribution < 1.29 is 4.79 Å². The Hall–Kier alpha value is -1.94. The molecule has 1 aromatic heterocycles. The van der Waals surface area contributed by atoms with Gasteiger partial charge in [0, 0.05) is 30.6 Å². The van der Waals surface area contributed by atoms with E-state index in [4.69, 9.17) is 5.73 Å². The van der Waals surface area contributed by atoms with Crippen molar-refractivity contribution in [1.29, 1.82) is 0 Å². The van der Waals surface area contributed by atoms with Crippen LogP contribution in [0, 0.1) is 5.92 Å². The molecule has 1 aliphatic carbocycles. The Bertz CT molecular complexity index is 617. The van der Waals surface area contributed by atoms with Crippen LogP contribution in [0.3, 0.4) is 0 Å². The zero-order valence-corrected chi connectivity index (χ0v) is 11.4. The number of hydrogen-bond donors (Lipinski definition) is 2. The normalized spacial score (nSPS) is 16.1. The van der Waals surface area contributed by atoms with Gasteiger partial charge in [-0.2, -0.15) is 0 Å². The van der Waals surface area contributed by atoms with E-state index in [9.17, 15) is 4.79 Å². The van der Waals surface area contributed by atoms with Crippen LogP contribution in [0.2, 0.25) is 0 Å². The van der Waals surface area contributed by atoms with E-state index in [-0.39, 0.29) is 11.9 Å². The monoisotopic (exact) mass is 269 g/mol. The quantitative estimate of drug-likeness (QED) is 0.872. The maximum Gasteiger partial charge on any atom is 0.221 e. The lowest BCUT2D eigenvalue weighted by Crippen LogP contribution is -2.32. The molecule has 104 valence electrons. The molecule has 4 heteroatoms. The van der Waals surface area contributed by atoms with Crippen LogP contribution < -0.4 is 11.1 Å². The molecule has 1 heterocycles. The summed E-state index contributed by atoms with van der Waals surface area (Å²) in [5, 5.41) is 4.04. The molecule has 2 aromatic rings. The van der Waals surface area contributed by atoms with Gasteiger partial charge in [0.05, 0.1) is 5.52 Å². The van der Waals surface area contributed by atoms with E-state index in [0.29, 0.717) is 18.9 Å². The van der Waals surface area contributed by atoms with Crippen LogP contribution in [-0.2, 0) is 11.3 Å². The van der Waals surface area contributed by atoms with Gasteiger partial charge in [-0.15, -0.1) is 0 Å². The average Bonchev–Trinajstić information content (AvgIpc) is 3.29. The summed E-state index contributed by atoms with van der Waals surface area (Å²) in [5.74, 6) is 0.581. The third kappa shape index (κ3) is 2.96. The Morgan fingerprint density at radius 3 is 2.95 bits per heavy atom. The van der Waals surface area contributed by atoms with Crippen LogP contribution in [0.1, 0.15) is 24.8 Å². The molecule has 0 spiro atoms. The molecule has 3 rings (SSSR count). The first-order chi connectivity index (χ1) is 9.74. The van der Waals surface area contributed by atoms with Crippen molar-refractivity contribution in [2.24, 2.45) is 11.7 Å². The van der Waals surface area contributed by atoms with Gasteiger partial charge in [-0.1, -0.05) is 24.3 Å². The number of aromatic nitrogens is 1. The smallest absolute Gasteiger partial charge is 0.221 e. The Morgan fingerprint density at radius 2 is 2.15 bits per heavy atom. The van der Waals surface area contributed by atoms with Crippen molar-refractivity contribution in [2.75, 3.05) is 0 Å². The van der Waals surface area contributed by atoms with Gasteiger partial charge in [0.2, 0.25) is 5.91 Å². The first-order valence-corrected chi connectivity index (χ1v) is 7.09. The van der Waals surface area contributed by atoms with E-state index in [1.807, 2.05) is 30.3 Å². The van der Waals surface area contributed by atoms with E-state index in [0.717, 1.165) is 16.5 Å². The Morgan fingerprint density at radius 1 is 1.35 bits per heavy atom. The molecule has 0 aliphatic heterocycles. The summed E-state index contributed by atoms with van der Waals surface area (Å²) in [6.45, 7) is 0.505. The van der Waals surface area contributed by atoms with Crippen LogP contribution in [0.15, 0.2) is 36.5 Å². The fraction of sp³-hybridized carbons (Fsp3) is 0.375. The van der Waals surface area contributed by atoms with Gasteiger partial charge in [0.25, 0.3) is 0 Å². The molecule has 0 radical (unpaired) electrons. The topological polar surface area (TPSA) is 68.0 Å². The number of pyridine rings is 1. The molecule has 1 atom stereocenters. The summed E-state index contributed by atoms with van der Waals surface area (Å²) in [5.41, 5.74) is 7.95. The number of nitrogens with zero attached hydrogens (tertiary/aromatic N) is 1. The van der Waals surface area contributed by atoms with Gasteiger partial charge in [-0.05, 0) is 30.4 Å². The highest BCUT2D eigenvalue weighted by Gasteiger charge is 2.29. The van der Waals surface area contributed by atoms with Crippen molar-refractivity contribution >= 4 is 16.8 Å². The van der Waals surface area contributed by atoms with E-state index < -0.39 is 0 Å². The van der Waals surface area contributed by atoms with Crippen molar-refractivity contribution in [2.45, 2.75) is 31.8 Å². The number of para-hydroxylation sites is 1. The molecule has 1 amide bonds. The van der Waals surface area contributed by atoms with Gasteiger partial charge in [-0.3, -0.25) is 9.78 Å². The molecule has 20 heavy (non-hydrogen) atoms. The lowest BCUT2D eigenvalue weighted by molar-refractivity contribution is -0.121. The number of nitrogens with one attached hydrogen (secondary N) is 1. The third-order valence-corrected chi connectivity index (χ3v) is 3.84. The van der Waals surface area contributed by atoms with Crippen LogP contribution in [0.5, 0.6) is 0 Å². The Kier molecular flexibility index (Phi) is 3.65. The zero-order chi connectivity index (χ0) is 13.9. The molecule has 1 aliphatic rings. The van der Waals surface area contributed by atoms with Gasteiger partial charge in [0.15, 0.2) is 0 Å². The molecule has 1 aromatic carbocycles. The highest BCUT2D eigenvalue weighted by molar-refractivity contribution is 5.82. The fourth-order valence-corrected chi connectivity index (χ4v) is 2.48. The number of rotatable bonds is 5. The molecule has 1 fully saturated rings. The first-order valence-electron chi connectivity index (χ1n) is 7.09. The second-order valence-electron chi connectivity index (χ2n) is 5.47. The number of nitrogens with two attached hydrogens (primary N) is 1. The highest BCUT2D eigenvalue weighted by atomic mass is 16.1. The summed E-state index contributed by atoms with van der Waals surface area (Å²) in [4.78, 5) is 16.3. The summed E-state index contributed by atoms with van der Waals surface area (Å²) < 4.78 is 0. The number of fused-ring (bicyclic) bond motifs is 1. The first kappa shape index (κ1) is 13.1. The standard InChI is InChI=1S/C16H19N3O/c17-14(11-6-7-11)9-15(20)19-10-13-4-1-3-12-5-2-8-18-16(12)13/h1-5,8,11,14H,6-7,9-10,17H2,(H,19,20). The van der Waals surface area contributed by atoms with Gasteiger partial charge < -0.3 is 11.1 Å². The Labute approximate surface area is 118 Å². The lowest BCUT2D eigenvalue weighted by atomic mass is 10.1. The minimum atomic E-state index is 0.0145. The predicted molar refractivity (Wildman–Crippen MR) is 78.9 cm³/mol. The summed E-state index contributed by atoms with van der Waals surface area (Å²) in [6.07, 6.45) is 4.53. The number of carbonyl (C=O) groups excluding carboxylic acids is 1. The Balaban J connectivity index is 1.63. The van der Waals surface area contributed by atoms with Crippen LogP contribution >= 0.6 is 0 Å². The second kappa shape index (κ2) is 5.59.